The number of fused-ring (bicyclic) bond motifs is 1. The minimum atomic E-state index is -1.04. The van der Waals surface area contributed by atoms with Crippen LogP contribution in [0.1, 0.15) is 49.3 Å². The Morgan fingerprint density at radius 2 is 1.67 bits per heavy atom. The summed E-state index contributed by atoms with van der Waals surface area (Å²) in [5.74, 6) is -1.93. The van der Waals surface area contributed by atoms with Gasteiger partial charge in [0.2, 0.25) is 5.91 Å². The number of nitrogens with one attached hydrogen (secondary N) is 1. The highest BCUT2D eigenvalue weighted by Gasteiger charge is 2.38. The first-order chi connectivity index (χ1) is 18.8. The van der Waals surface area contributed by atoms with Crippen molar-refractivity contribution in [3.63, 3.8) is 0 Å². The van der Waals surface area contributed by atoms with Crippen LogP contribution in [-0.4, -0.2) is 75.0 Å². The molecule has 0 fully saturated rings. The molecule has 2 aromatic rings. The molecule has 0 bridgehead atoms. The number of esters is 1. The van der Waals surface area contributed by atoms with Crippen LogP contribution in [0.25, 0.3) is 0 Å². The quantitative estimate of drug-likeness (QED) is 0.150. The van der Waals surface area contributed by atoms with E-state index in [0.717, 1.165) is 16.7 Å². The van der Waals surface area contributed by atoms with Crippen molar-refractivity contribution in [3.8, 4) is 0 Å². The Hall–Kier alpha value is -3.35. The van der Waals surface area contributed by atoms with Gasteiger partial charge in [-0.3, -0.25) is 30.2 Å². The van der Waals surface area contributed by atoms with Crippen LogP contribution in [0, 0.1) is 0 Å². The van der Waals surface area contributed by atoms with E-state index in [1.54, 1.807) is 6.92 Å². The molecule has 3 rings (SSSR count). The zero-order valence-corrected chi connectivity index (χ0v) is 22.1. The maximum absolute atomic E-state index is 13.6. The molecule has 39 heavy (non-hydrogen) atoms. The molecule has 3 atom stereocenters. The number of rotatable bonds is 15. The summed E-state index contributed by atoms with van der Waals surface area (Å²) >= 11 is 0. The highest BCUT2D eigenvalue weighted by molar-refractivity contribution is 5.88. The number of nitrogens with zero attached hydrogens (tertiary/aromatic N) is 2. The van der Waals surface area contributed by atoms with Gasteiger partial charge < -0.3 is 14.7 Å². The summed E-state index contributed by atoms with van der Waals surface area (Å²) in [6.45, 7) is 2.09. The first-order valence-corrected chi connectivity index (χ1v) is 13.1. The molecule has 0 aliphatic carbocycles. The fraction of sp³-hybridized carbons (Fsp3) is 0.464. The lowest BCUT2D eigenvalue weighted by Gasteiger charge is -2.37. The molecule has 1 amide bonds. The molecule has 11 nitrogen and oxygen atoms in total. The summed E-state index contributed by atoms with van der Waals surface area (Å²) in [5, 5.41) is 29.4. The Labute approximate surface area is 227 Å². The average Bonchev–Trinajstić information content (AvgIpc) is 2.93. The predicted molar refractivity (Wildman–Crippen MR) is 139 cm³/mol. The zero-order chi connectivity index (χ0) is 28.2. The molecule has 212 valence electrons. The third-order valence-electron chi connectivity index (χ3n) is 6.73. The number of carboxylic acids is 1. The normalized spacial score (nSPS) is 16.4. The molecule has 2 aromatic carbocycles. The van der Waals surface area contributed by atoms with Crippen LogP contribution in [0.15, 0.2) is 54.6 Å². The van der Waals surface area contributed by atoms with Gasteiger partial charge in [0.05, 0.1) is 24.6 Å². The van der Waals surface area contributed by atoms with Crippen molar-refractivity contribution < 1.29 is 39.5 Å². The molecule has 3 unspecified atom stereocenters. The van der Waals surface area contributed by atoms with Crippen molar-refractivity contribution >= 4 is 17.8 Å². The number of amides is 1. The molecule has 0 saturated carbocycles. The molecule has 0 aromatic heterocycles. The Bertz CT molecular complexity index is 1080. The monoisotopic (exact) mass is 543 g/mol. The number of ether oxygens (including phenoxy) is 1. The number of hydrogen-bond donors (Lipinski definition) is 4. The highest BCUT2D eigenvalue weighted by Crippen LogP contribution is 2.25. The number of benzene rings is 2. The van der Waals surface area contributed by atoms with Crippen LogP contribution < -0.4 is 5.32 Å². The standard InChI is InChI=1S/C28H37N3O8/c1-20(29-24(27(33)34)15-14-21-10-4-2-5-11-21)26(32)30-19-23-13-7-6-12-22(23)18-25(30)28(35)38-16-8-3-9-17-39-31(36)37/h2,4-7,10-13,20,24-25,29,36-37H,3,8-9,14-19H2,1H3,(H,33,34). The second kappa shape index (κ2) is 15.3. The Balaban J connectivity index is 1.61. The summed E-state index contributed by atoms with van der Waals surface area (Å²) < 4.78 is 5.49. The molecular weight excluding hydrogens is 506 g/mol. The Morgan fingerprint density at radius 1 is 1.00 bits per heavy atom. The van der Waals surface area contributed by atoms with Crippen LogP contribution in [0.5, 0.6) is 0 Å². The lowest BCUT2D eigenvalue weighted by Crippen LogP contribution is -2.56. The number of aliphatic carboxylic acids is 1. The van der Waals surface area contributed by atoms with Crippen molar-refractivity contribution in [1.29, 1.82) is 0 Å². The fourth-order valence-corrected chi connectivity index (χ4v) is 4.62. The van der Waals surface area contributed by atoms with Gasteiger partial charge >= 0.3 is 11.9 Å². The van der Waals surface area contributed by atoms with Crippen LogP contribution in [0.2, 0.25) is 0 Å². The molecule has 1 aliphatic rings. The molecule has 11 heteroatoms. The van der Waals surface area contributed by atoms with Gasteiger partial charge in [-0.1, -0.05) is 54.6 Å². The van der Waals surface area contributed by atoms with Gasteiger partial charge in [0.25, 0.3) is 0 Å². The summed E-state index contributed by atoms with van der Waals surface area (Å²) in [6.07, 6.45) is 2.88. The van der Waals surface area contributed by atoms with Crippen LogP contribution in [0.3, 0.4) is 0 Å². The van der Waals surface area contributed by atoms with E-state index in [9.17, 15) is 19.5 Å². The first-order valence-electron chi connectivity index (χ1n) is 13.1. The van der Waals surface area contributed by atoms with Crippen molar-refractivity contribution in [2.75, 3.05) is 13.2 Å². The number of unbranched alkanes of at least 4 members (excludes halogenated alkanes) is 2. The van der Waals surface area contributed by atoms with Crippen LogP contribution in [0.4, 0.5) is 0 Å². The van der Waals surface area contributed by atoms with E-state index in [4.69, 9.17) is 15.2 Å². The van der Waals surface area contributed by atoms with E-state index in [1.807, 2.05) is 54.6 Å². The summed E-state index contributed by atoms with van der Waals surface area (Å²) in [5.41, 5.74) is 2.91. The SMILES string of the molecule is CC(NC(CCc1ccccc1)C(=O)O)C(=O)N1Cc2ccccc2CC1C(=O)OCCCCCON(O)O. The van der Waals surface area contributed by atoms with Gasteiger partial charge in [-0.15, -0.1) is 0 Å². The van der Waals surface area contributed by atoms with Gasteiger partial charge in [-0.2, -0.15) is 0 Å². The van der Waals surface area contributed by atoms with Crippen molar-refractivity contribution in [2.45, 2.75) is 70.1 Å². The second-order valence-corrected chi connectivity index (χ2v) is 9.57. The fourth-order valence-electron chi connectivity index (χ4n) is 4.62. The molecule has 0 spiro atoms. The predicted octanol–water partition coefficient (Wildman–Crippen LogP) is 2.73. The van der Waals surface area contributed by atoms with Gasteiger partial charge in [0, 0.05) is 13.0 Å². The lowest BCUT2D eigenvalue weighted by atomic mass is 9.93. The van der Waals surface area contributed by atoms with Crippen LogP contribution >= 0.6 is 0 Å². The summed E-state index contributed by atoms with van der Waals surface area (Å²) in [4.78, 5) is 44.6. The van der Waals surface area contributed by atoms with Crippen LogP contribution in [-0.2, 0) is 43.3 Å². The molecule has 4 N–H and O–H groups in total. The van der Waals surface area contributed by atoms with Crippen molar-refractivity contribution in [1.82, 2.24) is 15.6 Å². The summed E-state index contributed by atoms with van der Waals surface area (Å²) in [6, 6.07) is 14.6. The van der Waals surface area contributed by atoms with Gasteiger partial charge in [0.1, 0.15) is 12.1 Å². The zero-order valence-electron chi connectivity index (χ0n) is 22.1. The molecular formula is C28H37N3O8. The number of aryl methyl sites for hydroxylation is 1. The minimum Gasteiger partial charge on any atom is -0.480 e. The van der Waals surface area contributed by atoms with Crippen molar-refractivity contribution in [3.05, 3.63) is 71.3 Å². The maximum atomic E-state index is 13.6. The largest absolute Gasteiger partial charge is 0.480 e. The van der Waals surface area contributed by atoms with E-state index >= 15 is 0 Å². The smallest absolute Gasteiger partial charge is 0.329 e. The van der Waals surface area contributed by atoms with Gasteiger partial charge in [-0.05, 0) is 55.7 Å². The van der Waals surface area contributed by atoms with E-state index < -0.39 is 30.1 Å². The third-order valence-corrected chi connectivity index (χ3v) is 6.73. The number of carbonyl (C=O) groups is 3. The van der Waals surface area contributed by atoms with Crippen molar-refractivity contribution in [2.24, 2.45) is 0 Å². The van der Waals surface area contributed by atoms with E-state index in [2.05, 4.69) is 10.2 Å². The topological polar surface area (TPSA) is 149 Å². The Kier molecular flexibility index (Phi) is 11.8. The first kappa shape index (κ1) is 30.2. The molecule has 0 saturated heterocycles. The van der Waals surface area contributed by atoms with E-state index in [1.165, 1.54) is 4.90 Å². The van der Waals surface area contributed by atoms with Gasteiger partial charge in [-0.25, -0.2) is 4.79 Å². The molecule has 1 heterocycles. The summed E-state index contributed by atoms with van der Waals surface area (Å²) in [7, 11) is 0. The molecule has 0 radical (unpaired) electrons. The number of carboxylic acid groups (broad SMARTS) is 1. The number of carbonyl (C=O) groups excluding carboxylic acids is 2. The molecule has 1 aliphatic heterocycles. The van der Waals surface area contributed by atoms with Gasteiger partial charge in [0.15, 0.2) is 0 Å². The second-order valence-electron chi connectivity index (χ2n) is 9.57. The lowest BCUT2D eigenvalue weighted by molar-refractivity contribution is -0.492. The average molecular weight is 544 g/mol. The number of hydrogen-bond acceptors (Lipinski definition) is 9. The Morgan fingerprint density at radius 3 is 2.36 bits per heavy atom. The highest BCUT2D eigenvalue weighted by atomic mass is 17.1. The third kappa shape index (κ3) is 9.41. The minimum absolute atomic E-state index is 0.107. The van der Waals surface area contributed by atoms with E-state index in [0.29, 0.717) is 38.5 Å². The maximum Gasteiger partial charge on any atom is 0.329 e. The van der Waals surface area contributed by atoms with E-state index in [-0.39, 0.29) is 31.1 Å².